The molecule has 0 aromatic carbocycles. The standard InChI is InChI=1S/C11H13NO5/c1-15-10(13)8-9(11(14)16-2)17-7(12-8)5-6-3-4-6/h6H,3-5H2,1-2H3. The molecule has 1 aliphatic rings. The Hall–Kier alpha value is -1.85. The Morgan fingerprint density at radius 1 is 1.29 bits per heavy atom. The SMILES string of the molecule is COC(=O)c1nc(CC2CC2)oc1C(=O)OC. The number of rotatable bonds is 4. The Kier molecular flexibility index (Phi) is 3.12. The normalized spacial score (nSPS) is 14.5. The summed E-state index contributed by atoms with van der Waals surface area (Å²) in [5.74, 6) is -0.677. The highest BCUT2D eigenvalue weighted by molar-refractivity contribution is 5.99. The Morgan fingerprint density at radius 2 is 1.94 bits per heavy atom. The lowest BCUT2D eigenvalue weighted by atomic mass is 10.3. The second-order valence-corrected chi connectivity index (χ2v) is 3.92. The van der Waals surface area contributed by atoms with Gasteiger partial charge in [-0.15, -0.1) is 0 Å². The summed E-state index contributed by atoms with van der Waals surface area (Å²) in [6, 6.07) is 0. The molecule has 6 nitrogen and oxygen atoms in total. The molecule has 1 heterocycles. The molecule has 17 heavy (non-hydrogen) atoms. The highest BCUT2D eigenvalue weighted by Gasteiger charge is 2.30. The molecule has 1 fully saturated rings. The quantitative estimate of drug-likeness (QED) is 0.734. The number of carbonyl (C=O) groups excluding carboxylic acids is 2. The first-order valence-electron chi connectivity index (χ1n) is 5.32. The van der Waals surface area contributed by atoms with Gasteiger partial charge in [0, 0.05) is 6.42 Å². The van der Waals surface area contributed by atoms with Crippen LogP contribution in [0.1, 0.15) is 39.8 Å². The van der Waals surface area contributed by atoms with Gasteiger partial charge in [0.25, 0.3) is 0 Å². The van der Waals surface area contributed by atoms with Crippen LogP contribution in [-0.2, 0) is 15.9 Å². The topological polar surface area (TPSA) is 78.6 Å². The number of esters is 2. The van der Waals surface area contributed by atoms with Crippen LogP contribution in [0.2, 0.25) is 0 Å². The van der Waals surface area contributed by atoms with Crippen molar-refractivity contribution in [2.24, 2.45) is 5.92 Å². The minimum atomic E-state index is -0.722. The van der Waals surface area contributed by atoms with Crippen molar-refractivity contribution in [2.45, 2.75) is 19.3 Å². The predicted molar refractivity (Wildman–Crippen MR) is 55.6 cm³/mol. The van der Waals surface area contributed by atoms with Crippen LogP contribution in [0.3, 0.4) is 0 Å². The summed E-state index contributed by atoms with van der Waals surface area (Å²) in [5.41, 5.74) is -0.116. The molecule has 1 aromatic heterocycles. The highest BCUT2D eigenvalue weighted by atomic mass is 16.5. The summed E-state index contributed by atoms with van der Waals surface area (Å²) in [6.45, 7) is 0. The van der Waals surface area contributed by atoms with Gasteiger partial charge in [-0.1, -0.05) is 0 Å². The number of methoxy groups -OCH3 is 2. The van der Waals surface area contributed by atoms with Crippen LogP contribution >= 0.6 is 0 Å². The first kappa shape index (κ1) is 11.6. The number of oxazole rings is 1. The van der Waals surface area contributed by atoms with E-state index in [2.05, 4.69) is 14.5 Å². The smallest absolute Gasteiger partial charge is 0.376 e. The highest BCUT2D eigenvalue weighted by Crippen LogP contribution is 2.32. The Bertz CT molecular complexity index is 413. The second-order valence-electron chi connectivity index (χ2n) is 3.92. The fourth-order valence-corrected chi connectivity index (χ4v) is 1.49. The first-order valence-corrected chi connectivity index (χ1v) is 5.32. The maximum atomic E-state index is 11.4. The van der Waals surface area contributed by atoms with E-state index >= 15 is 0 Å². The van der Waals surface area contributed by atoms with Crippen LogP contribution < -0.4 is 0 Å². The summed E-state index contributed by atoms with van der Waals surface area (Å²) >= 11 is 0. The maximum Gasteiger partial charge on any atom is 0.376 e. The van der Waals surface area contributed by atoms with Gasteiger partial charge in [-0.05, 0) is 18.8 Å². The third-order valence-electron chi connectivity index (χ3n) is 2.58. The van der Waals surface area contributed by atoms with Crippen molar-refractivity contribution in [2.75, 3.05) is 14.2 Å². The van der Waals surface area contributed by atoms with Gasteiger partial charge in [-0.3, -0.25) is 0 Å². The molecule has 0 aliphatic heterocycles. The van der Waals surface area contributed by atoms with E-state index in [0.717, 1.165) is 12.8 Å². The lowest BCUT2D eigenvalue weighted by molar-refractivity contribution is 0.0525. The number of hydrogen-bond acceptors (Lipinski definition) is 6. The summed E-state index contributed by atoms with van der Waals surface area (Å²) in [4.78, 5) is 26.8. The van der Waals surface area contributed by atoms with Crippen LogP contribution in [0.25, 0.3) is 0 Å². The van der Waals surface area contributed by atoms with Crippen molar-refractivity contribution in [1.82, 2.24) is 4.98 Å². The largest absolute Gasteiger partial charge is 0.464 e. The van der Waals surface area contributed by atoms with Gasteiger partial charge in [0.15, 0.2) is 5.89 Å². The van der Waals surface area contributed by atoms with Gasteiger partial charge in [-0.2, -0.15) is 0 Å². The molecule has 0 radical (unpaired) electrons. The molecule has 2 rings (SSSR count). The molecule has 0 N–H and O–H groups in total. The third-order valence-corrected chi connectivity index (χ3v) is 2.58. The van der Waals surface area contributed by atoms with Crippen molar-refractivity contribution in [3.8, 4) is 0 Å². The summed E-state index contributed by atoms with van der Waals surface area (Å²) in [5, 5.41) is 0. The van der Waals surface area contributed by atoms with Crippen LogP contribution in [0.5, 0.6) is 0 Å². The van der Waals surface area contributed by atoms with Gasteiger partial charge in [-0.25, -0.2) is 14.6 Å². The summed E-state index contributed by atoms with van der Waals surface area (Å²) in [6.07, 6.45) is 2.90. The molecule has 0 spiro atoms. The summed E-state index contributed by atoms with van der Waals surface area (Å²) < 4.78 is 14.3. The van der Waals surface area contributed by atoms with Crippen LogP contribution in [0, 0.1) is 5.92 Å². The van der Waals surface area contributed by atoms with Crippen LogP contribution in [-0.4, -0.2) is 31.1 Å². The van der Waals surface area contributed by atoms with E-state index in [-0.39, 0.29) is 11.5 Å². The zero-order chi connectivity index (χ0) is 12.4. The molecule has 0 saturated heterocycles. The second kappa shape index (κ2) is 4.57. The van der Waals surface area contributed by atoms with Crippen molar-refractivity contribution >= 4 is 11.9 Å². The monoisotopic (exact) mass is 239 g/mol. The van der Waals surface area contributed by atoms with E-state index in [9.17, 15) is 9.59 Å². The molecule has 0 atom stereocenters. The minimum absolute atomic E-state index is 0.116. The van der Waals surface area contributed by atoms with E-state index < -0.39 is 11.9 Å². The Morgan fingerprint density at radius 3 is 2.47 bits per heavy atom. The van der Waals surface area contributed by atoms with Gasteiger partial charge < -0.3 is 13.9 Å². The molecule has 0 unspecified atom stereocenters. The predicted octanol–water partition coefficient (Wildman–Crippen LogP) is 1.20. The molecule has 0 bridgehead atoms. The average molecular weight is 239 g/mol. The fraction of sp³-hybridized carbons (Fsp3) is 0.545. The Labute approximate surface area is 97.9 Å². The zero-order valence-electron chi connectivity index (χ0n) is 9.69. The molecule has 1 aromatic rings. The van der Waals surface area contributed by atoms with E-state index in [0.29, 0.717) is 18.2 Å². The van der Waals surface area contributed by atoms with Gasteiger partial charge in [0.2, 0.25) is 11.5 Å². The average Bonchev–Trinajstić information content (AvgIpc) is 3.05. The van der Waals surface area contributed by atoms with Crippen molar-refractivity contribution < 1.29 is 23.5 Å². The molecule has 6 heteroatoms. The lowest BCUT2D eigenvalue weighted by Gasteiger charge is -1.96. The number of hydrogen-bond donors (Lipinski definition) is 0. The molecule has 1 saturated carbocycles. The minimum Gasteiger partial charge on any atom is -0.464 e. The van der Waals surface area contributed by atoms with Crippen LogP contribution in [0.4, 0.5) is 0 Å². The van der Waals surface area contributed by atoms with E-state index in [4.69, 9.17) is 4.42 Å². The van der Waals surface area contributed by atoms with Crippen molar-refractivity contribution in [1.29, 1.82) is 0 Å². The third kappa shape index (κ3) is 2.46. The fourth-order valence-electron chi connectivity index (χ4n) is 1.49. The van der Waals surface area contributed by atoms with Gasteiger partial charge >= 0.3 is 11.9 Å². The first-order chi connectivity index (χ1) is 8.15. The van der Waals surface area contributed by atoms with Crippen LogP contribution in [0.15, 0.2) is 4.42 Å². The van der Waals surface area contributed by atoms with Crippen molar-refractivity contribution in [3.05, 3.63) is 17.3 Å². The zero-order valence-corrected chi connectivity index (χ0v) is 9.69. The summed E-state index contributed by atoms with van der Waals surface area (Å²) in [7, 11) is 2.44. The molecular formula is C11H13NO5. The molecule has 92 valence electrons. The molecule has 0 amide bonds. The van der Waals surface area contributed by atoms with Gasteiger partial charge in [0.05, 0.1) is 14.2 Å². The number of ether oxygens (including phenoxy) is 2. The molecular weight excluding hydrogens is 226 g/mol. The van der Waals surface area contributed by atoms with Crippen molar-refractivity contribution in [3.63, 3.8) is 0 Å². The van der Waals surface area contributed by atoms with E-state index in [1.165, 1.54) is 14.2 Å². The van der Waals surface area contributed by atoms with E-state index in [1.54, 1.807) is 0 Å². The Balaban J connectivity index is 2.28. The number of carbonyl (C=O) groups is 2. The number of aromatic nitrogens is 1. The molecule has 1 aliphatic carbocycles. The van der Waals surface area contributed by atoms with E-state index in [1.807, 2.05) is 0 Å². The van der Waals surface area contributed by atoms with Gasteiger partial charge in [0.1, 0.15) is 0 Å². The maximum absolute atomic E-state index is 11.4. The number of nitrogens with zero attached hydrogens (tertiary/aromatic N) is 1. The lowest BCUT2D eigenvalue weighted by Crippen LogP contribution is -2.10.